The van der Waals surface area contributed by atoms with Crippen LogP contribution in [-0.4, -0.2) is 18.2 Å². The lowest BCUT2D eigenvalue weighted by atomic mass is 10.0. The highest BCUT2D eigenvalue weighted by molar-refractivity contribution is 4.91. The molecule has 51 valence electrons. The second-order valence-electron chi connectivity index (χ2n) is 3.23. The average molecular weight is 126 g/mol. The lowest BCUT2D eigenvalue weighted by Crippen LogP contribution is -2.39. The van der Waals surface area contributed by atoms with E-state index < -0.39 is 0 Å². The second-order valence-corrected chi connectivity index (χ2v) is 3.23. The summed E-state index contributed by atoms with van der Waals surface area (Å²) in [6, 6.07) is 1.15. The van der Waals surface area contributed by atoms with E-state index in [4.69, 9.17) is 0 Å². The Morgan fingerprint density at radius 1 is 1.11 bits per heavy atom. The molecule has 3 atom stereocenters. The summed E-state index contributed by atoms with van der Waals surface area (Å²) in [5, 5.41) is 14.4. The lowest BCUT2D eigenvalue weighted by Gasteiger charge is -2.23. The van der Waals surface area contributed by atoms with Crippen LogP contribution in [0, 0.1) is 0 Å². The van der Waals surface area contributed by atoms with Crippen molar-refractivity contribution < 1.29 is 5.11 Å². The zero-order valence-electron chi connectivity index (χ0n) is 5.47. The molecular formula is C7H12NO. The Morgan fingerprint density at radius 3 is 2.22 bits per heavy atom. The van der Waals surface area contributed by atoms with Crippen molar-refractivity contribution in [1.29, 1.82) is 0 Å². The van der Waals surface area contributed by atoms with Crippen LogP contribution < -0.4 is 5.32 Å². The van der Waals surface area contributed by atoms with Gasteiger partial charge in [-0.2, -0.15) is 0 Å². The minimum absolute atomic E-state index is 0.260. The molecule has 2 nitrogen and oxygen atoms in total. The van der Waals surface area contributed by atoms with Gasteiger partial charge in [-0.3, -0.25) is 0 Å². The van der Waals surface area contributed by atoms with Gasteiger partial charge in [-0.1, -0.05) is 0 Å². The van der Waals surface area contributed by atoms with Crippen LogP contribution in [-0.2, 0) is 5.11 Å². The zero-order chi connectivity index (χ0) is 6.27. The van der Waals surface area contributed by atoms with Crippen LogP contribution in [0.15, 0.2) is 0 Å². The minimum atomic E-state index is -0.260. The third kappa shape index (κ3) is 0.970. The Labute approximate surface area is 55.3 Å². The topological polar surface area (TPSA) is 31.9 Å². The van der Waals surface area contributed by atoms with Crippen LogP contribution in [0.5, 0.6) is 0 Å². The fourth-order valence-corrected chi connectivity index (χ4v) is 2.01. The van der Waals surface area contributed by atoms with Gasteiger partial charge in [-0.15, -0.1) is 0 Å². The summed E-state index contributed by atoms with van der Waals surface area (Å²) >= 11 is 0. The highest BCUT2D eigenvalue weighted by Crippen LogP contribution is 2.26. The molecule has 1 N–H and O–H groups in total. The Kier molecular flexibility index (Phi) is 1.24. The van der Waals surface area contributed by atoms with Crippen molar-refractivity contribution >= 4 is 0 Å². The molecular weight excluding hydrogens is 114 g/mol. The standard InChI is InChI=1S/C7H12NO/c9-7-3-5-1-2-6(4-7)8-5/h5-8H,1-4H2/t5-,6+,7+. The van der Waals surface area contributed by atoms with Gasteiger partial charge < -0.3 is 5.32 Å². The maximum Gasteiger partial charge on any atom is 0.0959 e. The first-order valence-electron chi connectivity index (χ1n) is 3.76. The normalized spacial score (nSPS) is 49.7. The summed E-state index contributed by atoms with van der Waals surface area (Å²) in [7, 11) is 0. The molecule has 0 aromatic carbocycles. The molecule has 2 aliphatic heterocycles. The highest BCUT2D eigenvalue weighted by atomic mass is 16.3. The van der Waals surface area contributed by atoms with Crippen LogP contribution in [0.2, 0.25) is 0 Å². The van der Waals surface area contributed by atoms with E-state index in [9.17, 15) is 5.11 Å². The van der Waals surface area contributed by atoms with Crippen LogP contribution in [0.4, 0.5) is 0 Å². The number of hydrogen-bond acceptors (Lipinski definition) is 1. The van der Waals surface area contributed by atoms with Crippen LogP contribution in [0.25, 0.3) is 0 Å². The van der Waals surface area contributed by atoms with E-state index in [0.29, 0.717) is 12.1 Å². The number of rotatable bonds is 0. The van der Waals surface area contributed by atoms with Crippen molar-refractivity contribution in [3.05, 3.63) is 0 Å². The van der Waals surface area contributed by atoms with E-state index in [1.165, 1.54) is 12.8 Å². The third-order valence-corrected chi connectivity index (χ3v) is 2.43. The molecule has 2 heteroatoms. The van der Waals surface area contributed by atoms with Gasteiger partial charge in [0.2, 0.25) is 0 Å². The molecule has 2 bridgehead atoms. The summed E-state index contributed by atoms with van der Waals surface area (Å²) in [5.74, 6) is 0. The first-order chi connectivity index (χ1) is 4.34. The summed E-state index contributed by atoms with van der Waals surface area (Å²) < 4.78 is 0. The molecule has 0 saturated carbocycles. The van der Waals surface area contributed by atoms with Crippen molar-refractivity contribution in [3.63, 3.8) is 0 Å². The molecule has 0 aliphatic carbocycles. The van der Waals surface area contributed by atoms with E-state index in [1.54, 1.807) is 0 Å². The van der Waals surface area contributed by atoms with Crippen molar-refractivity contribution in [2.45, 2.75) is 43.9 Å². The fourth-order valence-electron chi connectivity index (χ4n) is 2.01. The van der Waals surface area contributed by atoms with E-state index in [0.717, 1.165) is 12.8 Å². The van der Waals surface area contributed by atoms with Crippen molar-refractivity contribution in [2.24, 2.45) is 0 Å². The Bertz CT molecular complexity index is 103. The maximum atomic E-state index is 11.0. The maximum absolute atomic E-state index is 11.0. The molecule has 1 radical (unpaired) electrons. The molecule has 2 saturated heterocycles. The Hall–Kier alpha value is -0.0800. The lowest BCUT2D eigenvalue weighted by molar-refractivity contribution is 0.0456. The van der Waals surface area contributed by atoms with E-state index >= 15 is 0 Å². The summed E-state index contributed by atoms with van der Waals surface area (Å²) in [6.07, 6.45) is 3.96. The molecule has 2 aliphatic rings. The SMILES string of the molecule is [O][C@H]1C[C@H]2CC[C@@H](C1)N2. The summed E-state index contributed by atoms with van der Waals surface area (Å²) in [4.78, 5) is 0. The molecule has 0 unspecified atom stereocenters. The predicted molar refractivity (Wildman–Crippen MR) is 33.7 cm³/mol. The summed E-state index contributed by atoms with van der Waals surface area (Å²) in [5.41, 5.74) is 0. The molecule has 0 amide bonds. The van der Waals surface area contributed by atoms with Gasteiger partial charge >= 0.3 is 0 Å². The Balaban J connectivity index is 2.03. The molecule has 2 heterocycles. The monoisotopic (exact) mass is 126 g/mol. The predicted octanol–water partition coefficient (Wildman–Crippen LogP) is 0.700. The number of nitrogens with one attached hydrogen (secondary N) is 1. The van der Waals surface area contributed by atoms with E-state index in [2.05, 4.69) is 5.32 Å². The number of piperidine rings is 1. The molecule has 9 heavy (non-hydrogen) atoms. The van der Waals surface area contributed by atoms with E-state index in [1.807, 2.05) is 0 Å². The van der Waals surface area contributed by atoms with E-state index in [-0.39, 0.29) is 6.10 Å². The Morgan fingerprint density at radius 2 is 1.67 bits per heavy atom. The van der Waals surface area contributed by atoms with Gasteiger partial charge in [-0.05, 0) is 25.7 Å². The molecule has 0 spiro atoms. The smallest absolute Gasteiger partial charge is 0.0959 e. The average Bonchev–Trinajstić information content (AvgIpc) is 2.11. The van der Waals surface area contributed by atoms with Crippen molar-refractivity contribution in [1.82, 2.24) is 5.32 Å². The van der Waals surface area contributed by atoms with Gasteiger partial charge in [0.1, 0.15) is 0 Å². The van der Waals surface area contributed by atoms with Crippen LogP contribution in [0.3, 0.4) is 0 Å². The molecule has 2 rings (SSSR count). The quantitative estimate of drug-likeness (QED) is 0.509. The van der Waals surface area contributed by atoms with Gasteiger partial charge in [-0.25, -0.2) is 5.11 Å². The fraction of sp³-hybridized carbons (Fsp3) is 1.00. The number of fused-ring (bicyclic) bond motifs is 2. The van der Waals surface area contributed by atoms with Crippen LogP contribution >= 0.6 is 0 Å². The van der Waals surface area contributed by atoms with Crippen molar-refractivity contribution in [2.75, 3.05) is 0 Å². The zero-order valence-corrected chi connectivity index (χ0v) is 5.47. The third-order valence-electron chi connectivity index (χ3n) is 2.43. The first-order valence-corrected chi connectivity index (χ1v) is 3.76. The van der Waals surface area contributed by atoms with Gasteiger partial charge in [0, 0.05) is 12.1 Å². The minimum Gasteiger partial charge on any atom is -0.311 e. The summed E-state index contributed by atoms with van der Waals surface area (Å²) in [6.45, 7) is 0. The highest BCUT2D eigenvalue weighted by Gasteiger charge is 2.32. The molecule has 2 fully saturated rings. The van der Waals surface area contributed by atoms with Gasteiger partial charge in [0.05, 0.1) is 6.10 Å². The first kappa shape index (κ1) is 5.69. The van der Waals surface area contributed by atoms with Gasteiger partial charge in [0.15, 0.2) is 0 Å². The van der Waals surface area contributed by atoms with Crippen LogP contribution in [0.1, 0.15) is 25.7 Å². The van der Waals surface area contributed by atoms with Crippen molar-refractivity contribution in [3.8, 4) is 0 Å². The number of hydrogen-bond donors (Lipinski definition) is 1. The second kappa shape index (κ2) is 1.96. The largest absolute Gasteiger partial charge is 0.311 e. The molecule has 0 aromatic heterocycles. The van der Waals surface area contributed by atoms with Gasteiger partial charge in [0.25, 0.3) is 0 Å². The molecule has 0 aromatic rings.